The largest absolute Gasteiger partial charge is 0.496 e. The van der Waals surface area contributed by atoms with E-state index >= 15 is 0 Å². The highest BCUT2D eigenvalue weighted by atomic mass is 35.5. The van der Waals surface area contributed by atoms with E-state index in [9.17, 15) is 9.59 Å². The molecule has 0 bridgehead atoms. The van der Waals surface area contributed by atoms with Gasteiger partial charge in [0.25, 0.3) is 11.8 Å². The zero-order valence-corrected chi connectivity index (χ0v) is 18.3. The molecule has 0 atom stereocenters. The number of rotatable bonds is 4. The molecule has 0 unspecified atom stereocenters. The SMILES string of the molecule is COc1cc(N2CCOCC2)ccc1/C=C1/C(=O)NC(=S)N(c2ccc(Cl)cc2)C1=O. The Kier molecular flexibility index (Phi) is 6.22. The van der Waals surface area contributed by atoms with Gasteiger partial charge in [-0.15, -0.1) is 0 Å². The number of amides is 2. The predicted molar refractivity (Wildman–Crippen MR) is 124 cm³/mol. The van der Waals surface area contributed by atoms with E-state index in [-0.39, 0.29) is 10.7 Å². The molecule has 2 aliphatic rings. The molecule has 2 aromatic carbocycles. The molecule has 9 heteroatoms. The number of ether oxygens (including phenoxy) is 2. The van der Waals surface area contributed by atoms with Gasteiger partial charge in [-0.05, 0) is 54.7 Å². The van der Waals surface area contributed by atoms with Crippen molar-refractivity contribution in [2.45, 2.75) is 0 Å². The number of nitrogens with one attached hydrogen (secondary N) is 1. The van der Waals surface area contributed by atoms with Gasteiger partial charge >= 0.3 is 0 Å². The number of anilines is 2. The second kappa shape index (κ2) is 9.05. The average molecular weight is 458 g/mol. The number of benzene rings is 2. The molecule has 2 amide bonds. The van der Waals surface area contributed by atoms with Crippen molar-refractivity contribution in [1.82, 2.24) is 5.32 Å². The van der Waals surface area contributed by atoms with Crippen molar-refractivity contribution in [3.8, 4) is 5.75 Å². The molecule has 1 N–H and O–H groups in total. The van der Waals surface area contributed by atoms with Crippen LogP contribution in [0.4, 0.5) is 11.4 Å². The summed E-state index contributed by atoms with van der Waals surface area (Å²) in [6.07, 6.45) is 1.52. The van der Waals surface area contributed by atoms with Crippen molar-refractivity contribution in [2.75, 3.05) is 43.2 Å². The summed E-state index contributed by atoms with van der Waals surface area (Å²) in [6, 6.07) is 12.3. The predicted octanol–water partition coefficient (Wildman–Crippen LogP) is 3.02. The molecule has 0 spiro atoms. The van der Waals surface area contributed by atoms with Gasteiger partial charge < -0.3 is 14.4 Å². The average Bonchev–Trinajstić information content (AvgIpc) is 2.78. The van der Waals surface area contributed by atoms with Crippen molar-refractivity contribution in [1.29, 1.82) is 0 Å². The number of carbonyl (C=O) groups excluding carboxylic acids is 2. The quantitative estimate of drug-likeness (QED) is 0.432. The van der Waals surface area contributed by atoms with E-state index in [0.29, 0.717) is 35.2 Å². The Morgan fingerprint density at radius 2 is 1.77 bits per heavy atom. The molecule has 4 rings (SSSR count). The zero-order chi connectivity index (χ0) is 22.0. The Labute approximate surface area is 190 Å². The lowest BCUT2D eigenvalue weighted by Gasteiger charge is -2.30. The second-order valence-corrected chi connectivity index (χ2v) is 7.78. The minimum atomic E-state index is -0.556. The van der Waals surface area contributed by atoms with Gasteiger partial charge in [-0.2, -0.15) is 0 Å². The van der Waals surface area contributed by atoms with Crippen LogP contribution in [0, 0.1) is 0 Å². The van der Waals surface area contributed by atoms with Gasteiger partial charge in [0.05, 0.1) is 26.0 Å². The van der Waals surface area contributed by atoms with Gasteiger partial charge in [0.1, 0.15) is 11.3 Å². The number of hydrogen-bond donors (Lipinski definition) is 1. The number of hydrogen-bond acceptors (Lipinski definition) is 6. The molecular weight excluding hydrogens is 438 g/mol. The Morgan fingerprint density at radius 1 is 1.10 bits per heavy atom. The molecule has 0 aliphatic carbocycles. The van der Waals surface area contributed by atoms with Crippen molar-refractivity contribution in [3.05, 3.63) is 58.6 Å². The van der Waals surface area contributed by atoms with Gasteiger partial charge in [0.2, 0.25) is 0 Å². The van der Waals surface area contributed by atoms with E-state index in [1.54, 1.807) is 31.4 Å². The molecule has 0 saturated carbocycles. The van der Waals surface area contributed by atoms with Crippen LogP contribution in [0.2, 0.25) is 5.02 Å². The molecule has 7 nitrogen and oxygen atoms in total. The monoisotopic (exact) mass is 457 g/mol. The van der Waals surface area contributed by atoms with Gasteiger partial charge in [0.15, 0.2) is 5.11 Å². The number of thiocarbonyl (C=S) groups is 1. The Bertz CT molecular complexity index is 1060. The second-order valence-electron chi connectivity index (χ2n) is 6.96. The maximum atomic E-state index is 13.2. The van der Waals surface area contributed by atoms with Gasteiger partial charge in [0, 0.05) is 35.4 Å². The van der Waals surface area contributed by atoms with Crippen LogP contribution in [-0.4, -0.2) is 50.3 Å². The minimum Gasteiger partial charge on any atom is -0.496 e. The van der Waals surface area contributed by atoms with Crippen LogP contribution in [0.25, 0.3) is 6.08 Å². The third-order valence-corrected chi connectivity index (χ3v) is 5.62. The molecule has 2 aliphatic heterocycles. The lowest BCUT2D eigenvalue weighted by Crippen LogP contribution is -2.54. The van der Waals surface area contributed by atoms with Crippen molar-refractivity contribution in [3.63, 3.8) is 0 Å². The van der Waals surface area contributed by atoms with Crippen LogP contribution in [0.5, 0.6) is 5.75 Å². The summed E-state index contributed by atoms with van der Waals surface area (Å²) in [4.78, 5) is 29.2. The highest BCUT2D eigenvalue weighted by Crippen LogP contribution is 2.30. The first-order valence-corrected chi connectivity index (χ1v) is 10.4. The Balaban J connectivity index is 1.67. The van der Waals surface area contributed by atoms with E-state index in [0.717, 1.165) is 18.8 Å². The third-order valence-electron chi connectivity index (χ3n) is 5.08. The molecule has 2 aromatic rings. The lowest BCUT2D eigenvalue weighted by molar-refractivity contribution is -0.122. The van der Waals surface area contributed by atoms with E-state index in [4.69, 9.17) is 33.3 Å². The normalized spacial score (nSPS) is 18.4. The van der Waals surface area contributed by atoms with Crippen molar-refractivity contribution in [2.24, 2.45) is 0 Å². The van der Waals surface area contributed by atoms with Crippen LogP contribution in [-0.2, 0) is 14.3 Å². The van der Waals surface area contributed by atoms with Gasteiger partial charge in [-0.3, -0.25) is 19.8 Å². The zero-order valence-electron chi connectivity index (χ0n) is 16.8. The van der Waals surface area contributed by atoms with Crippen molar-refractivity contribution < 1.29 is 19.1 Å². The fraction of sp³-hybridized carbons (Fsp3) is 0.227. The highest BCUT2D eigenvalue weighted by Gasteiger charge is 2.34. The maximum Gasteiger partial charge on any atom is 0.270 e. The first-order chi connectivity index (χ1) is 15.0. The standard InChI is InChI=1S/C22H20ClN3O4S/c1-29-19-13-17(25-8-10-30-11-9-25)5-2-14(19)12-18-20(27)24-22(31)26(21(18)28)16-6-3-15(23)4-7-16/h2-7,12-13H,8-11H2,1H3,(H,24,27,31)/b18-12-. The molecule has 2 heterocycles. The van der Waals surface area contributed by atoms with E-state index < -0.39 is 11.8 Å². The number of carbonyl (C=O) groups is 2. The fourth-order valence-corrected chi connectivity index (χ4v) is 3.88. The number of nitrogens with zero attached hydrogens (tertiary/aromatic N) is 2. The fourth-order valence-electron chi connectivity index (χ4n) is 3.47. The van der Waals surface area contributed by atoms with E-state index in [1.807, 2.05) is 18.2 Å². The third kappa shape index (κ3) is 4.41. The Hall–Kier alpha value is -2.94. The topological polar surface area (TPSA) is 71.1 Å². The summed E-state index contributed by atoms with van der Waals surface area (Å²) in [5, 5.41) is 3.13. The molecule has 2 fully saturated rings. The van der Waals surface area contributed by atoms with Crippen LogP contribution in [0.3, 0.4) is 0 Å². The highest BCUT2D eigenvalue weighted by molar-refractivity contribution is 7.80. The summed E-state index contributed by atoms with van der Waals surface area (Å²) in [6.45, 7) is 2.92. The first-order valence-electron chi connectivity index (χ1n) is 9.65. The summed E-state index contributed by atoms with van der Waals surface area (Å²) in [5.41, 5.74) is 2.08. The number of methoxy groups -OCH3 is 1. The first kappa shape index (κ1) is 21.3. The van der Waals surface area contributed by atoms with Crippen LogP contribution in [0.15, 0.2) is 48.0 Å². The summed E-state index contributed by atoms with van der Waals surface area (Å²) in [7, 11) is 1.55. The molecule has 2 saturated heterocycles. The van der Waals surface area contributed by atoms with Crippen LogP contribution >= 0.6 is 23.8 Å². The lowest BCUT2D eigenvalue weighted by atomic mass is 10.1. The van der Waals surface area contributed by atoms with Crippen molar-refractivity contribution >= 4 is 58.2 Å². The van der Waals surface area contributed by atoms with Crippen LogP contribution < -0.4 is 19.9 Å². The minimum absolute atomic E-state index is 0.0177. The summed E-state index contributed by atoms with van der Waals surface area (Å²) < 4.78 is 10.9. The smallest absolute Gasteiger partial charge is 0.270 e. The number of morpholine rings is 1. The molecule has 31 heavy (non-hydrogen) atoms. The van der Waals surface area contributed by atoms with Gasteiger partial charge in [-0.1, -0.05) is 11.6 Å². The van der Waals surface area contributed by atoms with Crippen LogP contribution in [0.1, 0.15) is 5.56 Å². The molecular formula is C22H20ClN3O4S. The summed E-state index contributed by atoms with van der Waals surface area (Å²) in [5.74, 6) is -0.516. The molecule has 0 radical (unpaired) electrons. The summed E-state index contributed by atoms with van der Waals surface area (Å²) >= 11 is 11.2. The maximum absolute atomic E-state index is 13.2. The van der Waals surface area contributed by atoms with E-state index in [1.165, 1.54) is 11.0 Å². The molecule has 0 aromatic heterocycles. The number of halogens is 1. The Morgan fingerprint density at radius 3 is 2.45 bits per heavy atom. The van der Waals surface area contributed by atoms with E-state index in [2.05, 4.69) is 10.2 Å². The molecule has 160 valence electrons. The van der Waals surface area contributed by atoms with Gasteiger partial charge in [-0.25, -0.2) is 0 Å².